The first-order chi connectivity index (χ1) is 51.3. The molecule has 16 atom stereocenters. The van der Waals surface area contributed by atoms with E-state index in [0.717, 1.165) is 201 Å². The highest BCUT2D eigenvalue weighted by Gasteiger charge is 2.50. The van der Waals surface area contributed by atoms with E-state index in [0.29, 0.717) is 101 Å². The lowest BCUT2D eigenvalue weighted by Gasteiger charge is -2.33. The van der Waals surface area contributed by atoms with E-state index < -0.39 is 42.4 Å². The quantitative estimate of drug-likeness (QED) is 0.0204. The lowest BCUT2D eigenvalue weighted by Crippen LogP contribution is -2.42. The van der Waals surface area contributed by atoms with Gasteiger partial charge < -0.3 is 50.0 Å². The smallest absolute Gasteiger partial charge is 0.341 e. The van der Waals surface area contributed by atoms with Crippen molar-refractivity contribution in [3.63, 3.8) is 0 Å². The Morgan fingerprint density at radius 1 is 0.519 bits per heavy atom. The SMILES string of the molecule is CCCCC[C@@H](CC[C@@H]1[C@H]2Cc3cccc(OCC(=O)O)c3C[C@H]2C[C@H]1O)OC(=O)C1CCCCC1C(=O)NCCCCCCSC1CC(=O)CC1=O.CCCCC[C@H](O)CC[C@@H]1[C@H]2Cc3cccc(OCC(=O)O)c3C[C@H]2C[C@H]1OC(=O)C1CCCCC1C(=O)NCCCCCCSC1CC(=O)CC1=O. The predicted octanol–water partition coefficient (Wildman–Crippen LogP) is 13.3. The number of unbranched alkanes of at least 4 members (excludes halogenated alkanes) is 10. The summed E-state index contributed by atoms with van der Waals surface area (Å²) in [5.41, 5.74) is 4.41. The van der Waals surface area contributed by atoms with Gasteiger partial charge in [-0.2, -0.15) is 23.5 Å². The average molecular weight is 1510 g/mol. The van der Waals surface area contributed by atoms with Crippen LogP contribution < -0.4 is 20.1 Å². The first-order valence-corrected chi connectivity index (χ1v) is 42.9. The van der Waals surface area contributed by atoms with Crippen molar-refractivity contribution in [3.05, 3.63) is 58.7 Å². The van der Waals surface area contributed by atoms with Crippen LogP contribution in [0.4, 0.5) is 0 Å². The highest BCUT2D eigenvalue weighted by Crippen LogP contribution is 2.52. The largest absolute Gasteiger partial charge is 0.482 e. The van der Waals surface area contributed by atoms with Gasteiger partial charge in [0.25, 0.3) is 0 Å². The van der Waals surface area contributed by atoms with Crippen LogP contribution in [-0.2, 0) is 83.1 Å². The summed E-state index contributed by atoms with van der Waals surface area (Å²) in [6.45, 7) is 4.68. The van der Waals surface area contributed by atoms with Crippen molar-refractivity contribution in [1.29, 1.82) is 0 Å². The van der Waals surface area contributed by atoms with Crippen molar-refractivity contribution in [2.24, 2.45) is 59.2 Å². The van der Waals surface area contributed by atoms with Crippen LogP contribution in [-0.4, -0.2) is 152 Å². The number of amides is 2. The van der Waals surface area contributed by atoms with E-state index in [1.807, 2.05) is 24.3 Å². The van der Waals surface area contributed by atoms with Gasteiger partial charge >= 0.3 is 23.9 Å². The van der Waals surface area contributed by atoms with Gasteiger partial charge in [0.15, 0.2) is 24.8 Å². The Bertz CT molecular complexity index is 3250. The fourth-order valence-corrected chi connectivity index (χ4v) is 21.1. The van der Waals surface area contributed by atoms with Crippen molar-refractivity contribution >= 4 is 82.3 Å². The molecule has 8 aliphatic rings. The molecule has 22 heteroatoms. The molecular formula is C84H122N2O18S2. The molecule has 6 fully saturated rings. The fourth-order valence-electron chi connectivity index (χ4n) is 18.6. The number of aliphatic carboxylic acids is 2. The van der Waals surface area contributed by atoms with Gasteiger partial charge in [-0.15, -0.1) is 0 Å². The molecule has 588 valence electrons. The predicted molar refractivity (Wildman–Crippen MR) is 408 cm³/mol. The van der Waals surface area contributed by atoms with Crippen LogP contribution in [0.5, 0.6) is 11.5 Å². The molecule has 20 nitrogen and oxygen atoms in total. The minimum Gasteiger partial charge on any atom is -0.482 e. The lowest BCUT2D eigenvalue weighted by molar-refractivity contribution is -0.162. The zero-order valence-corrected chi connectivity index (χ0v) is 64.8. The van der Waals surface area contributed by atoms with Crippen LogP contribution in [0.25, 0.3) is 0 Å². The Kier molecular flexibility index (Phi) is 34.6. The summed E-state index contributed by atoms with van der Waals surface area (Å²) in [4.78, 5) is 124. The number of rotatable bonds is 42. The summed E-state index contributed by atoms with van der Waals surface area (Å²) in [6, 6.07) is 11.7. The Morgan fingerprint density at radius 2 is 0.991 bits per heavy atom. The topological polar surface area (TPSA) is 313 Å². The maximum absolute atomic E-state index is 14.0. The number of ketones is 4. The molecule has 6 saturated carbocycles. The van der Waals surface area contributed by atoms with Crippen LogP contribution in [0.15, 0.2) is 36.4 Å². The number of Topliss-reactive ketones (excluding diaryl/α,β-unsaturated/α-hetero) is 4. The van der Waals surface area contributed by atoms with E-state index in [1.54, 1.807) is 23.5 Å². The van der Waals surface area contributed by atoms with Gasteiger partial charge in [0.05, 0.1) is 59.2 Å². The molecule has 2 aromatic carbocycles. The Balaban J connectivity index is 0.000000245. The average Bonchev–Trinajstić information content (AvgIpc) is 1.60. The number of aliphatic hydroxyl groups excluding tert-OH is 2. The van der Waals surface area contributed by atoms with E-state index in [4.69, 9.17) is 24.1 Å². The molecular weight excluding hydrogens is 1390 g/mol. The van der Waals surface area contributed by atoms with E-state index in [-0.39, 0.29) is 125 Å². The molecule has 2 aromatic rings. The molecule has 10 rings (SSSR count). The molecule has 8 aliphatic carbocycles. The van der Waals surface area contributed by atoms with E-state index in [2.05, 4.69) is 36.6 Å². The Hall–Kier alpha value is -5.84. The minimum atomic E-state index is -1.02. The second kappa shape index (κ2) is 43.5. The molecule has 0 heterocycles. The molecule has 106 heavy (non-hydrogen) atoms. The van der Waals surface area contributed by atoms with Crippen molar-refractivity contribution in [2.45, 2.75) is 293 Å². The monoisotopic (exact) mass is 1510 g/mol. The third-order valence-electron chi connectivity index (χ3n) is 24.3. The molecule has 6 unspecified atom stereocenters. The summed E-state index contributed by atoms with van der Waals surface area (Å²) in [5, 5.41) is 46.3. The second-order valence-electron chi connectivity index (χ2n) is 31.9. The van der Waals surface area contributed by atoms with Crippen LogP contribution in [0.3, 0.4) is 0 Å². The van der Waals surface area contributed by atoms with Crippen molar-refractivity contribution < 1.29 is 87.3 Å². The number of thioether (sulfide) groups is 2. The van der Waals surface area contributed by atoms with Gasteiger partial charge in [0.1, 0.15) is 35.3 Å². The first kappa shape index (κ1) is 84.2. The molecule has 2 amide bonds. The molecule has 0 saturated heterocycles. The molecule has 0 bridgehead atoms. The van der Waals surface area contributed by atoms with Gasteiger partial charge in [0, 0.05) is 25.9 Å². The van der Waals surface area contributed by atoms with Crippen LogP contribution in [0.1, 0.15) is 254 Å². The van der Waals surface area contributed by atoms with Gasteiger partial charge in [0.2, 0.25) is 11.8 Å². The standard InChI is InChI=1S/2C42H61NO9S/c1-2-3-6-13-30(17-18-31-34-21-27-12-11-16-38(51-26-40(47)48)35(27)22-28(34)23-36(31)45)52-42(50)33-15-8-7-14-32(33)41(49)43-19-9-4-5-10-20-53-39-25-29(44)24-37(39)46;1-2-3-6-13-29(44)17-18-31-34-21-27-12-11-16-37(51-26-40(47)48)35(27)22-28(34)23-38(31)52-42(50)33-15-8-7-14-32(33)41(49)43-19-9-4-5-10-20-53-39-25-30(45)24-36(39)46/h11-12,16,28,30-34,36,39,45H,2-10,13-15,17-26H2,1H3,(H,43,49)(H,47,48);11-12,16,28-29,31-34,38-39,44H,2-10,13-15,17-26H2,1H3,(H,43,49)(H,47,48)/t28-,30-,31+,32?,33?,34-,36+,39?;28-,29-,31+,32?,33?,34-,38+,39?/m00/s1. The molecule has 6 N–H and O–H groups in total. The number of carbonyl (C=O) groups is 10. The summed E-state index contributed by atoms with van der Waals surface area (Å²) >= 11 is 3.19. The third kappa shape index (κ3) is 25.1. The minimum absolute atomic E-state index is 0.0506. The number of hydrogen-bond acceptors (Lipinski definition) is 18. The molecule has 0 radical (unpaired) electrons. The number of esters is 2. The Morgan fingerprint density at radius 3 is 1.49 bits per heavy atom. The Labute approximate surface area is 636 Å². The molecule has 0 spiro atoms. The molecule has 0 aromatic heterocycles. The first-order valence-electron chi connectivity index (χ1n) is 40.8. The van der Waals surface area contributed by atoms with E-state index >= 15 is 0 Å². The zero-order chi connectivity index (χ0) is 75.5. The number of carbonyl (C=O) groups excluding carboxylic acids is 8. The van der Waals surface area contributed by atoms with Crippen molar-refractivity contribution in [2.75, 3.05) is 37.8 Å². The molecule has 0 aliphatic heterocycles. The summed E-state index contributed by atoms with van der Waals surface area (Å²) in [6.07, 6.45) is 28.7. The van der Waals surface area contributed by atoms with Crippen LogP contribution >= 0.6 is 23.5 Å². The van der Waals surface area contributed by atoms with Gasteiger partial charge in [-0.25, -0.2) is 9.59 Å². The number of carboxylic acid groups (broad SMARTS) is 2. The summed E-state index contributed by atoms with van der Waals surface area (Å²) < 4.78 is 24.0. The highest BCUT2D eigenvalue weighted by atomic mass is 32.2. The number of hydrogen-bond donors (Lipinski definition) is 6. The number of nitrogens with one attached hydrogen (secondary N) is 2. The number of ether oxygens (including phenoxy) is 4. The normalized spacial score (nSPS) is 27.2. The van der Waals surface area contributed by atoms with Crippen molar-refractivity contribution in [1.82, 2.24) is 10.6 Å². The summed E-state index contributed by atoms with van der Waals surface area (Å²) in [5.74, 6) is 0.151. The van der Waals surface area contributed by atoms with Crippen molar-refractivity contribution in [3.8, 4) is 11.5 Å². The highest BCUT2D eigenvalue weighted by molar-refractivity contribution is 8.00. The summed E-state index contributed by atoms with van der Waals surface area (Å²) in [7, 11) is 0. The third-order valence-corrected chi connectivity index (χ3v) is 27.0. The zero-order valence-electron chi connectivity index (χ0n) is 63.1. The maximum atomic E-state index is 14.0. The van der Waals surface area contributed by atoms with Crippen LogP contribution in [0.2, 0.25) is 0 Å². The van der Waals surface area contributed by atoms with E-state index in [9.17, 15) is 63.3 Å². The number of aliphatic hydroxyl groups is 2. The van der Waals surface area contributed by atoms with Gasteiger partial charge in [-0.05, 0) is 216 Å². The fraction of sp³-hybridized carbons (Fsp3) is 0.738. The second-order valence-corrected chi connectivity index (χ2v) is 34.5. The van der Waals surface area contributed by atoms with Gasteiger partial charge in [-0.1, -0.05) is 122 Å². The van der Waals surface area contributed by atoms with E-state index in [1.165, 1.54) is 0 Å². The number of carboxylic acids is 2. The van der Waals surface area contributed by atoms with Gasteiger partial charge in [-0.3, -0.25) is 38.4 Å². The lowest BCUT2D eigenvalue weighted by atomic mass is 9.73. The number of benzene rings is 2. The number of fused-ring (bicyclic) bond motifs is 4. The van der Waals surface area contributed by atoms with Crippen LogP contribution in [0, 0.1) is 59.2 Å². The maximum Gasteiger partial charge on any atom is 0.341 e.